The third kappa shape index (κ3) is 3.45. The van der Waals surface area contributed by atoms with Gasteiger partial charge in [-0.15, -0.1) is 0 Å². The van der Waals surface area contributed by atoms with Crippen LogP contribution in [0.1, 0.15) is 24.2 Å². The van der Waals surface area contributed by atoms with Crippen molar-refractivity contribution in [3.05, 3.63) is 22.7 Å². The van der Waals surface area contributed by atoms with E-state index in [2.05, 4.69) is 0 Å². The van der Waals surface area contributed by atoms with Gasteiger partial charge in [0.1, 0.15) is 0 Å². The van der Waals surface area contributed by atoms with Gasteiger partial charge in [-0.2, -0.15) is 0 Å². The first-order chi connectivity index (χ1) is 8.32. The number of hydrogen-bond acceptors (Lipinski definition) is 5. The fraction of sp³-hybridized carbons (Fsp3) is 0.182. The van der Waals surface area contributed by atoms with Gasteiger partial charge in [0, 0.05) is 13.8 Å². The molecule has 0 heterocycles. The molecule has 0 N–H and O–H groups in total. The molecule has 0 atom stereocenters. The SMILES string of the molecule is CC(=O)Oc1ccc(C(=O)Cl)c(Cl)c1OC(C)=O. The van der Waals surface area contributed by atoms with Gasteiger partial charge in [0.05, 0.1) is 10.6 Å². The minimum absolute atomic E-state index is 0.0505. The highest BCUT2D eigenvalue weighted by atomic mass is 35.5. The van der Waals surface area contributed by atoms with Gasteiger partial charge in [0.25, 0.3) is 5.24 Å². The molecule has 1 aromatic rings. The van der Waals surface area contributed by atoms with Gasteiger partial charge in [0.15, 0.2) is 11.5 Å². The zero-order valence-corrected chi connectivity index (χ0v) is 11.0. The zero-order chi connectivity index (χ0) is 13.9. The van der Waals surface area contributed by atoms with E-state index in [4.69, 9.17) is 32.7 Å². The predicted molar refractivity (Wildman–Crippen MR) is 64.3 cm³/mol. The smallest absolute Gasteiger partial charge is 0.308 e. The van der Waals surface area contributed by atoms with Crippen LogP contribution >= 0.6 is 23.2 Å². The predicted octanol–water partition coefficient (Wildman–Crippen LogP) is 2.57. The van der Waals surface area contributed by atoms with E-state index in [1.54, 1.807) is 0 Å². The first-order valence-electron chi connectivity index (χ1n) is 4.72. The molecule has 18 heavy (non-hydrogen) atoms. The maximum absolute atomic E-state index is 11.1. The first-order valence-corrected chi connectivity index (χ1v) is 5.47. The minimum atomic E-state index is -0.817. The van der Waals surface area contributed by atoms with Crippen molar-refractivity contribution in [1.82, 2.24) is 0 Å². The van der Waals surface area contributed by atoms with E-state index in [9.17, 15) is 14.4 Å². The summed E-state index contributed by atoms with van der Waals surface area (Å²) in [5, 5.41) is -1.01. The lowest BCUT2D eigenvalue weighted by molar-refractivity contribution is -0.134. The quantitative estimate of drug-likeness (QED) is 0.486. The molecule has 96 valence electrons. The molecule has 1 aromatic carbocycles. The van der Waals surface area contributed by atoms with Crippen LogP contribution < -0.4 is 9.47 Å². The van der Waals surface area contributed by atoms with Crippen LogP contribution in [0.25, 0.3) is 0 Å². The van der Waals surface area contributed by atoms with Crippen molar-refractivity contribution in [2.24, 2.45) is 0 Å². The number of rotatable bonds is 3. The van der Waals surface area contributed by atoms with Crippen molar-refractivity contribution in [3.8, 4) is 11.5 Å². The summed E-state index contributed by atoms with van der Waals surface area (Å²) in [5.74, 6) is -1.58. The van der Waals surface area contributed by atoms with E-state index in [0.29, 0.717) is 0 Å². The van der Waals surface area contributed by atoms with Crippen molar-refractivity contribution >= 4 is 40.4 Å². The summed E-state index contributed by atoms with van der Waals surface area (Å²) in [5.41, 5.74) is -0.0505. The number of carbonyl (C=O) groups is 3. The number of hydrogen-bond donors (Lipinski definition) is 0. The molecule has 0 aliphatic rings. The summed E-state index contributed by atoms with van der Waals surface area (Å²) in [7, 11) is 0. The molecule has 0 aliphatic heterocycles. The molecular weight excluding hydrogens is 283 g/mol. The van der Waals surface area contributed by atoms with E-state index in [1.165, 1.54) is 19.1 Å². The topological polar surface area (TPSA) is 69.7 Å². The molecular formula is C11H8Cl2O5. The van der Waals surface area contributed by atoms with Crippen LogP contribution in [0.5, 0.6) is 11.5 Å². The lowest BCUT2D eigenvalue weighted by Crippen LogP contribution is -2.08. The standard InChI is InChI=1S/C11H8Cl2O5/c1-5(14)17-8-4-3-7(11(13)16)9(12)10(8)18-6(2)15/h3-4H,1-2H3. The fourth-order valence-electron chi connectivity index (χ4n) is 1.16. The van der Waals surface area contributed by atoms with E-state index in [-0.39, 0.29) is 22.1 Å². The third-order valence-electron chi connectivity index (χ3n) is 1.77. The van der Waals surface area contributed by atoms with Crippen LogP contribution in [0, 0.1) is 0 Å². The van der Waals surface area contributed by atoms with Crippen LogP contribution in [0.4, 0.5) is 0 Å². The highest BCUT2D eigenvalue weighted by molar-refractivity contribution is 6.68. The Bertz CT molecular complexity index is 524. The van der Waals surface area contributed by atoms with Crippen molar-refractivity contribution < 1.29 is 23.9 Å². The molecule has 0 fully saturated rings. The number of esters is 2. The fourth-order valence-corrected chi connectivity index (χ4v) is 1.65. The molecule has 1 rings (SSSR count). The Morgan fingerprint density at radius 2 is 1.61 bits per heavy atom. The monoisotopic (exact) mass is 290 g/mol. The molecule has 0 radical (unpaired) electrons. The van der Waals surface area contributed by atoms with E-state index in [0.717, 1.165) is 6.92 Å². The molecule has 0 aliphatic carbocycles. The van der Waals surface area contributed by atoms with Gasteiger partial charge in [-0.25, -0.2) is 0 Å². The second kappa shape index (κ2) is 5.84. The third-order valence-corrected chi connectivity index (χ3v) is 2.35. The van der Waals surface area contributed by atoms with E-state index < -0.39 is 17.2 Å². The van der Waals surface area contributed by atoms with Gasteiger partial charge in [-0.1, -0.05) is 11.6 Å². The van der Waals surface area contributed by atoms with Crippen molar-refractivity contribution in [1.29, 1.82) is 0 Å². The summed E-state index contributed by atoms with van der Waals surface area (Å²) in [6.07, 6.45) is 0. The Morgan fingerprint density at radius 3 is 2.06 bits per heavy atom. The molecule has 5 nitrogen and oxygen atoms in total. The van der Waals surface area contributed by atoms with Crippen LogP contribution in [0.15, 0.2) is 12.1 Å². The van der Waals surface area contributed by atoms with Crippen molar-refractivity contribution in [2.45, 2.75) is 13.8 Å². The minimum Gasteiger partial charge on any atom is -0.423 e. The summed E-state index contributed by atoms with van der Waals surface area (Å²) in [6.45, 7) is 2.31. The van der Waals surface area contributed by atoms with E-state index >= 15 is 0 Å². The molecule has 0 saturated heterocycles. The highest BCUT2D eigenvalue weighted by Crippen LogP contribution is 2.38. The Kier molecular flexibility index (Phi) is 4.69. The normalized spacial score (nSPS) is 9.78. The lowest BCUT2D eigenvalue weighted by Gasteiger charge is -2.11. The maximum atomic E-state index is 11.1. The molecule has 0 spiro atoms. The molecule has 7 heteroatoms. The second-order valence-electron chi connectivity index (χ2n) is 3.22. The Labute approximate surface area is 113 Å². The number of ether oxygens (including phenoxy) is 2. The Morgan fingerprint density at radius 1 is 1.06 bits per heavy atom. The number of benzene rings is 1. The van der Waals surface area contributed by atoms with Crippen LogP contribution in [0.3, 0.4) is 0 Å². The Hall–Kier alpha value is -1.59. The van der Waals surface area contributed by atoms with Crippen LogP contribution in [-0.2, 0) is 9.59 Å². The van der Waals surface area contributed by atoms with Crippen LogP contribution in [-0.4, -0.2) is 17.2 Å². The summed E-state index contributed by atoms with van der Waals surface area (Å²) < 4.78 is 9.62. The lowest BCUT2D eigenvalue weighted by atomic mass is 10.2. The van der Waals surface area contributed by atoms with Gasteiger partial charge >= 0.3 is 11.9 Å². The van der Waals surface area contributed by atoms with Gasteiger partial charge < -0.3 is 9.47 Å². The van der Waals surface area contributed by atoms with Crippen molar-refractivity contribution in [3.63, 3.8) is 0 Å². The van der Waals surface area contributed by atoms with Crippen molar-refractivity contribution in [2.75, 3.05) is 0 Å². The maximum Gasteiger partial charge on any atom is 0.308 e. The summed E-state index contributed by atoms with van der Waals surface area (Å²) >= 11 is 11.2. The van der Waals surface area contributed by atoms with E-state index in [1.807, 2.05) is 0 Å². The molecule has 0 saturated carbocycles. The van der Waals surface area contributed by atoms with Gasteiger partial charge in [-0.3, -0.25) is 14.4 Å². The second-order valence-corrected chi connectivity index (χ2v) is 3.94. The average molecular weight is 291 g/mol. The zero-order valence-electron chi connectivity index (χ0n) is 9.45. The Balaban J connectivity index is 3.35. The first kappa shape index (κ1) is 14.5. The molecule has 0 bridgehead atoms. The summed E-state index contributed by atoms with van der Waals surface area (Å²) in [6, 6.07) is 2.53. The largest absolute Gasteiger partial charge is 0.423 e. The number of carbonyl (C=O) groups excluding carboxylic acids is 3. The average Bonchev–Trinajstić information content (AvgIpc) is 2.21. The van der Waals surface area contributed by atoms with Gasteiger partial charge in [-0.05, 0) is 23.7 Å². The number of halogens is 2. The molecule has 0 amide bonds. The molecule has 0 aromatic heterocycles. The molecule has 0 unspecified atom stereocenters. The highest BCUT2D eigenvalue weighted by Gasteiger charge is 2.20. The van der Waals surface area contributed by atoms with Crippen LogP contribution in [0.2, 0.25) is 5.02 Å². The summed E-state index contributed by atoms with van der Waals surface area (Å²) in [4.78, 5) is 32.9. The van der Waals surface area contributed by atoms with Gasteiger partial charge in [0.2, 0.25) is 0 Å².